The first-order valence-electron chi connectivity index (χ1n) is 6.70. The maximum atomic E-state index is 4.73. The number of hydrogen-bond acceptors (Lipinski definition) is 4. The number of amidine groups is 1. The first-order chi connectivity index (χ1) is 8.76. The molecule has 0 atom stereocenters. The average Bonchev–Trinajstić information content (AvgIpc) is 2.79. The molecule has 0 aromatic carbocycles. The van der Waals surface area contributed by atoms with E-state index in [2.05, 4.69) is 10.4 Å². The lowest BCUT2D eigenvalue weighted by atomic mass is 9.75. The Kier molecular flexibility index (Phi) is 3.33. The van der Waals surface area contributed by atoms with E-state index >= 15 is 0 Å². The molecule has 0 bridgehead atoms. The van der Waals surface area contributed by atoms with Gasteiger partial charge in [-0.05, 0) is 18.3 Å². The highest BCUT2D eigenvalue weighted by molar-refractivity contribution is 8.14. The van der Waals surface area contributed by atoms with E-state index in [4.69, 9.17) is 4.99 Å². The van der Waals surface area contributed by atoms with Crippen molar-refractivity contribution in [2.24, 2.45) is 17.5 Å². The third-order valence-electron chi connectivity index (χ3n) is 3.94. The summed E-state index contributed by atoms with van der Waals surface area (Å²) >= 11 is 1.86. The number of aliphatic imine (C=N–C) groups is 1. The van der Waals surface area contributed by atoms with Crippen LogP contribution in [0.5, 0.6) is 0 Å². The standard InChI is InChI=1S/C13H20N4S/c1-17-8-5-11(16-17)15-12-14-9-13(10-18-12)6-3-2-4-7-13/h5,8H,2-4,6-7,9-10H2,1H3,(H,14,15,16). The number of hydrogen-bond donors (Lipinski definition) is 1. The second kappa shape index (κ2) is 4.96. The molecule has 18 heavy (non-hydrogen) atoms. The van der Waals surface area contributed by atoms with E-state index in [9.17, 15) is 0 Å². The highest BCUT2D eigenvalue weighted by atomic mass is 32.2. The van der Waals surface area contributed by atoms with Crippen LogP contribution in [0.4, 0.5) is 5.82 Å². The molecule has 2 heterocycles. The van der Waals surface area contributed by atoms with Crippen LogP contribution in [0.3, 0.4) is 0 Å². The summed E-state index contributed by atoms with van der Waals surface area (Å²) in [6.45, 7) is 0.995. The Morgan fingerprint density at radius 3 is 2.78 bits per heavy atom. The predicted molar refractivity (Wildman–Crippen MR) is 77.1 cm³/mol. The molecule has 1 saturated carbocycles. The summed E-state index contributed by atoms with van der Waals surface area (Å²) in [4.78, 5) is 4.73. The molecule has 1 fully saturated rings. The second-order valence-corrected chi connectivity index (χ2v) is 6.43. The summed E-state index contributed by atoms with van der Waals surface area (Å²) in [5.41, 5.74) is 0.498. The predicted octanol–water partition coefficient (Wildman–Crippen LogP) is 2.89. The molecule has 4 nitrogen and oxygen atoms in total. The van der Waals surface area contributed by atoms with Crippen LogP contribution in [0.1, 0.15) is 32.1 Å². The van der Waals surface area contributed by atoms with Gasteiger partial charge in [-0.2, -0.15) is 5.10 Å². The molecule has 1 N–H and O–H groups in total. The maximum Gasteiger partial charge on any atom is 0.162 e. The Bertz CT molecular complexity index is 446. The normalized spacial score (nSPS) is 22.8. The van der Waals surface area contributed by atoms with Crippen LogP contribution >= 0.6 is 11.8 Å². The quantitative estimate of drug-likeness (QED) is 0.848. The summed E-state index contributed by atoms with van der Waals surface area (Å²) in [6, 6.07) is 1.98. The zero-order chi connectivity index (χ0) is 12.4. The summed E-state index contributed by atoms with van der Waals surface area (Å²) in [7, 11) is 1.93. The number of rotatable bonds is 1. The molecule has 0 amide bonds. The Balaban J connectivity index is 1.63. The highest BCUT2D eigenvalue weighted by Gasteiger charge is 2.34. The number of aryl methyl sites for hydroxylation is 1. The number of nitrogens with one attached hydrogen (secondary N) is 1. The van der Waals surface area contributed by atoms with Crippen LogP contribution < -0.4 is 5.32 Å². The van der Waals surface area contributed by atoms with Gasteiger partial charge in [0, 0.05) is 31.6 Å². The molecule has 98 valence electrons. The fraction of sp³-hybridized carbons (Fsp3) is 0.692. The molecule has 0 saturated heterocycles. The van der Waals surface area contributed by atoms with Gasteiger partial charge < -0.3 is 5.32 Å². The first kappa shape index (κ1) is 12.1. The lowest BCUT2D eigenvalue weighted by Gasteiger charge is -2.38. The third-order valence-corrected chi connectivity index (χ3v) is 5.20. The summed E-state index contributed by atoms with van der Waals surface area (Å²) in [5.74, 6) is 2.11. The van der Waals surface area contributed by atoms with Crippen molar-refractivity contribution in [2.75, 3.05) is 17.6 Å². The molecular formula is C13H20N4S. The van der Waals surface area contributed by atoms with Gasteiger partial charge in [-0.3, -0.25) is 9.67 Å². The van der Waals surface area contributed by atoms with Gasteiger partial charge in [0.1, 0.15) is 0 Å². The van der Waals surface area contributed by atoms with E-state index < -0.39 is 0 Å². The van der Waals surface area contributed by atoms with E-state index in [1.54, 1.807) is 4.68 Å². The topological polar surface area (TPSA) is 42.2 Å². The van der Waals surface area contributed by atoms with E-state index in [-0.39, 0.29) is 0 Å². The lowest BCUT2D eigenvalue weighted by molar-refractivity contribution is 0.232. The van der Waals surface area contributed by atoms with Crippen LogP contribution in [-0.4, -0.2) is 27.2 Å². The zero-order valence-electron chi connectivity index (χ0n) is 10.9. The minimum Gasteiger partial charge on any atom is -0.318 e. The summed E-state index contributed by atoms with van der Waals surface area (Å²) in [5, 5.41) is 8.66. The van der Waals surface area contributed by atoms with Gasteiger partial charge in [-0.1, -0.05) is 31.0 Å². The van der Waals surface area contributed by atoms with Gasteiger partial charge in [0.05, 0.1) is 0 Å². The molecule has 5 heteroatoms. The average molecular weight is 264 g/mol. The highest BCUT2D eigenvalue weighted by Crippen LogP contribution is 2.41. The van der Waals surface area contributed by atoms with Crippen molar-refractivity contribution in [3.05, 3.63) is 12.3 Å². The van der Waals surface area contributed by atoms with Gasteiger partial charge in [0.2, 0.25) is 0 Å². The maximum absolute atomic E-state index is 4.73. The number of thioether (sulfide) groups is 1. The van der Waals surface area contributed by atoms with Crippen LogP contribution in [0, 0.1) is 5.41 Å². The molecule has 1 aliphatic carbocycles. The van der Waals surface area contributed by atoms with E-state index in [1.165, 1.54) is 37.9 Å². The molecule has 0 radical (unpaired) electrons. The van der Waals surface area contributed by atoms with Crippen molar-refractivity contribution < 1.29 is 0 Å². The van der Waals surface area contributed by atoms with Gasteiger partial charge in [-0.15, -0.1) is 0 Å². The fourth-order valence-electron chi connectivity index (χ4n) is 2.82. The first-order valence-corrected chi connectivity index (χ1v) is 7.68. The van der Waals surface area contributed by atoms with Crippen molar-refractivity contribution in [3.8, 4) is 0 Å². The zero-order valence-corrected chi connectivity index (χ0v) is 11.7. The second-order valence-electron chi connectivity index (χ2n) is 5.47. The van der Waals surface area contributed by atoms with Crippen molar-refractivity contribution >= 4 is 22.7 Å². The SMILES string of the molecule is Cn1ccc(NC2=NCC3(CCCCC3)CS2)n1. The number of aromatic nitrogens is 2. The third kappa shape index (κ3) is 2.55. The molecule has 0 unspecified atom stereocenters. The molecule has 1 aromatic heterocycles. The largest absolute Gasteiger partial charge is 0.318 e. The van der Waals surface area contributed by atoms with E-state index in [1.807, 2.05) is 31.1 Å². The Hall–Kier alpha value is -0.970. The van der Waals surface area contributed by atoms with E-state index in [0.29, 0.717) is 5.41 Å². The van der Waals surface area contributed by atoms with Crippen LogP contribution in [0.15, 0.2) is 17.3 Å². The Morgan fingerprint density at radius 1 is 1.33 bits per heavy atom. The van der Waals surface area contributed by atoms with Crippen molar-refractivity contribution in [3.63, 3.8) is 0 Å². The summed E-state index contributed by atoms with van der Waals surface area (Å²) < 4.78 is 1.80. The molecule has 3 rings (SSSR count). The minimum atomic E-state index is 0.498. The van der Waals surface area contributed by atoms with Gasteiger partial charge in [0.25, 0.3) is 0 Å². The fourth-order valence-corrected chi connectivity index (χ4v) is 3.98. The smallest absolute Gasteiger partial charge is 0.162 e. The van der Waals surface area contributed by atoms with Crippen molar-refractivity contribution in [1.29, 1.82) is 0 Å². The van der Waals surface area contributed by atoms with Crippen molar-refractivity contribution in [2.45, 2.75) is 32.1 Å². The molecule has 1 aliphatic heterocycles. The molecule has 2 aliphatic rings. The van der Waals surface area contributed by atoms with E-state index in [0.717, 1.165) is 17.5 Å². The monoisotopic (exact) mass is 264 g/mol. The van der Waals surface area contributed by atoms with Crippen LogP contribution in [0.2, 0.25) is 0 Å². The van der Waals surface area contributed by atoms with Gasteiger partial charge in [0.15, 0.2) is 11.0 Å². The Morgan fingerprint density at radius 2 is 2.17 bits per heavy atom. The molecule has 1 spiro atoms. The van der Waals surface area contributed by atoms with Gasteiger partial charge >= 0.3 is 0 Å². The number of anilines is 1. The Labute approximate surface area is 112 Å². The molecular weight excluding hydrogens is 244 g/mol. The van der Waals surface area contributed by atoms with Crippen LogP contribution in [0.25, 0.3) is 0 Å². The van der Waals surface area contributed by atoms with Crippen LogP contribution in [-0.2, 0) is 7.05 Å². The van der Waals surface area contributed by atoms with Crippen molar-refractivity contribution in [1.82, 2.24) is 9.78 Å². The summed E-state index contributed by atoms with van der Waals surface area (Å²) in [6.07, 6.45) is 8.85. The molecule has 1 aromatic rings. The van der Waals surface area contributed by atoms with Gasteiger partial charge in [-0.25, -0.2) is 0 Å². The number of nitrogens with zero attached hydrogens (tertiary/aromatic N) is 3. The lowest BCUT2D eigenvalue weighted by Crippen LogP contribution is -2.35. The minimum absolute atomic E-state index is 0.498.